The van der Waals surface area contributed by atoms with E-state index in [1.807, 2.05) is 6.92 Å². The molecule has 1 aliphatic rings. The number of carbonyl (C=O) groups excluding carboxylic acids is 1. The quantitative estimate of drug-likeness (QED) is 0.915. The van der Waals surface area contributed by atoms with Gasteiger partial charge in [-0.2, -0.15) is 5.10 Å². The van der Waals surface area contributed by atoms with Crippen molar-refractivity contribution in [2.24, 2.45) is 11.1 Å². The van der Waals surface area contributed by atoms with Crippen molar-refractivity contribution in [1.82, 2.24) is 14.7 Å². The van der Waals surface area contributed by atoms with E-state index < -0.39 is 17.2 Å². The molecule has 0 aliphatic carbocycles. The summed E-state index contributed by atoms with van der Waals surface area (Å²) in [6.45, 7) is 5.15. The molecular weight excluding hydrogens is 323 g/mol. The number of hydrogen-bond acceptors (Lipinski definition) is 4. The van der Waals surface area contributed by atoms with Gasteiger partial charge in [0.1, 0.15) is 11.5 Å². The van der Waals surface area contributed by atoms with Gasteiger partial charge in [0.05, 0.1) is 0 Å². The van der Waals surface area contributed by atoms with E-state index in [0.29, 0.717) is 25.3 Å². The van der Waals surface area contributed by atoms with Gasteiger partial charge in [0.15, 0.2) is 5.69 Å². The number of hydrogen-bond donors (Lipinski definition) is 1. The Bertz CT molecular complexity index is 880. The van der Waals surface area contributed by atoms with Gasteiger partial charge in [0.25, 0.3) is 5.91 Å². The maximum atomic E-state index is 14.1. The van der Waals surface area contributed by atoms with Crippen LogP contribution in [-0.2, 0) is 0 Å². The number of nitrogens with zero attached hydrogens (tertiary/aromatic N) is 3. The lowest BCUT2D eigenvalue weighted by molar-refractivity contribution is 0.0767. The minimum absolute atomic E-state index is 0.148. The minimum Gasteiger partial charge on any atom is -0.337 e. The molecule has 1 atom stereocenters. The molecule has 132 valence electrons. The van der Waals surface area contributed by atoms with Crippen LogP contribution in [0.4, 0.5) is 4.39 Å². The predicted molar refractivity (Wildman–Crippen MR) is 92.2 cm³/mol. The van der Waals surface area contributed by atoms with E-state index in [9.17, 15) is 14.0 Å². The highest BCUT2D eigenvalue weighted by atomic mass is 19.1. The zero-order chi connectivity index (χ0) is 18.2. The maximum Gasteiger partial charge on any atom is 0.278 e. The third-order valence-corrected chi connectivity index (χ3v) is 4.73. The van der Waals surface area contributed by atoms with Crippen molar-refractivity contribution < 1.29 is 9.18 Å². The van der Waals surface area contributed by atoms with E-state index in [4.69, 9.17) is 5.73 Å². The number of amides is 1. The van der Waals surface area contributed by atoms with E-state index in [0.717, 1.165) is 6.42 Å². The van der Waals surface area contributed by atoms with Gasteiger partial charge in [-0.05, 0) is 37.4 Å². The van der Waals surface area contributed by atoms with Crippen molar-refractivity contribution >= 4 is 5.91 Å². The number of rotatable bonds is 3. The third-order valence-electron chi connectivity index (χ3n) is 4.73. The van der Waals surface area contributed by atoms with E-state index >= 15 is 0 Å². The Balaban J connectivity index is 2.01. The fourth-order valence-corrected chi connectivity index (χ4v) is 3.08. The Hall–Kier alpha value is -2.54. The molecule has 25 heavy (non-hydrogen) atoms. The molecule has 2 aromatic rings. The fourth-order valence-electron chi connectivity index (χ4n) is 3.08. The largest absolute Gasteiger partial charge is 0.337 e. The van der Waals surface area contributed by atoms with Gasteiger partial charge in [-0.1, -0.05) is 19.1 Å². The predicted octanol–water partition coefficient (Wildman–Crippen LogP) is 1.49. The van der Waals surface area contributed by atoms with Crippen LogP contribution in [0.3, 0.4) is 0 Å². The van der Waals surface area contributed by atoms with Crippen LogP contribution in [0, 0.1) is 18.2 Å². The maximum absolute atomic E-state index is 14.1. The van der Waals surface area contributed by atoms with Crippen LogP contribution in [0.15, 0.2) is 35.1 Å². The summed E-state index contributed by atoms with van der Waals surface area (Å²) in [5, 5.41) is 4.16. The molecule has 1 unspecified atom stereocenters. The summed E-state index contributed by atoms with van der Waals surface area (Å²) < 4.78 is 15.4. The van der Waals surface area contributed by atoms with E-state index in [-0.39, 0.29) is 16.8 Å². The highest BCUT2D eigenvalue weighted by Crippen LogP contribution is 2.29. The molecule has 1 aliphatic heterocycles. The number of nitrogens with two attached hydrogens (primary N) is 1. The van der Waals surface area contributed by atoms with Gasteiger partial charge in [0, 0.05) is 24.8 Å². The Labute approximate surface area is 145 Å². The standard InChI is InChI=1S/C18H21FN4O2/c1-12-9-15(24)16(17(25)22-8-7-18(2,10-20)11-22)21-23(12)14-6-4-3-5-13(14)19/h3-6,9H,7-8,10-11,20H2,1-2H3. The monoisotopic (exact) mass is 344 g/mol. The zero-order valence-corrected chi connectivity index (χ0v) is 14.3. The molecule has 2 heterocycles. The van der Waals surface area contributed by atoms with E-state index in [2.05, 4.69) is 5.10 Å². The molecule has 0 bridgehead atoms. The summed E-state index contributed by atoms with van der Waals surface area (Å²) >= 11 is 0. The van der Waals surface area contributed by atoms with Crippen LogP contribution in [0.2, 0.25) is 0 Å². The molecule has 1 aromatic carbocycles. The molecule has 6 nitrogen and oxygen atoms in total. The lowest BCUT2D eigenvalue weighted by atomic mass is 9.90. The minimum atomic E-state index is -0.475. The third kappa shape index (κ3) is 3.19. The molecule has 7 heteroatoms. The summed E-state index contributed by atoms with van der Waals surface area (Å²) in [5.74, 6) is -0.913. The number of aromatic nitrogens is 2. The summed E-state index contributed by atoms with van der Waals surface area (Å²) in [4.78, 5) is 26.7. The molecular formula is C18H21FN4O2. The zero-order valence-electron chi connectivity index (χ0n) is 14.3. The molecule has 1 saturated heterocycles. The molecule has 0 spiro atoms. The van der Waals surface area contributed by atoms with E-state index in [1.54, 1.807) is 30.0 Å². The Kier molecular flexibility index (Phi) is 4.43. The van der Waals surface area contributed by atoms with Crippen LogP contribution < -0.4 is 11.2 Å². The van der Waals surface area contributed by atoms with Gasteiger partial charge in [-0.3, -0.25) is 9.59 Å². The number of aryl methyl sites for hydroxylation is 1. The van der Waals surface area contributed by atoms with Crippen molar-refractivity contribution in [1.29, 1.82) is 0 Å². The fraction of sp³-hybridized carbons (Fsp3) is 0.389. The first-order valence-corrected chi connectivity index (χ1v) is 8.20. The average molecular weight is 344 g/mol. The topological polar surface area (TPSA) is 81.2 Å². The van der Waals surface area contributed by atoms with Gasteiger partial charge < -0.3 is 10.6 Å². The second kappa shape index (κ2) is 6.40. The normalized spacial score (nSPS) is 20.1. The molecule has 3 rings (SSSR count). The Morgan fingerprint density at radius 1 is 1.40 bits per heavy atom. The summed E-state index contributed by atoms with van der Waals surface area (Å²) in [6.07, 6.45) is 0.780. The van der Waals surface area contributed by atoms with Crippen molar-refractivity contribution in [3.63, 3.8) is 0 Å². The molecule has 2 N–H and O–H groups in total. The first kappa shape index (κ1) is 17.3. The number of likely N-dealkylation sites (tertiary alicyclic amines) is 1. The lowest BCUT2D eigenvalue weighted by Gasteiger charge is -2.22. The molecule has 0 saturated carbocycles. The molecule has 1 fully saturated rings. The number of carbonyl (C=O) groups is 1. The summed E-state index contributed by atoms with van der Waals surface area (Å²) in [5.41, 5.74) is 5.62. The molecule has 1 amide bonds. The van der Waals surface area contributed by atoms with Crippen LogP contribution in [0.5, 0.6) is 0 Å². The van der Waals surface area contributed by atoms with Crippen molar-refractivity contribution in [3.05, 3.63) is 57.8 Å². The van der Waals surface area contributed by atoms with Crippen molar-refractivity contribution in [2.75, 3.05) is 19.6 Å². The lowest BCUT2D eigenvalue weighted by Crippen LogP contribution is -2.37. The molecule has 1 aromatic heterocycles. The highest BCUT2D eigenvalue weighted by molar-refractivity contribution is 5.92. The number of benzene rings is 1. The number of para-hydroxylation sites is 1. The first-order valence-electron chi connectivity index (χ1n) is 8.20. The summed E-state index contributed by atoms with van der Waals surface area (Å²) in [7, 11) is 0. The summed E-state index contributed by atoms with van der Waals surface area (Å²) in [6, 6.07) is 7.41. The van der Waals surface area contributed by atoms with Gasteiger partial charge >= 0.3 is 0 Å². The SMILES string of the molecule is Cc1cc(=O)c(C(=O)N2CCC(C)(CN)C2)nn1-c1ccccc1F. The van der Waals surface area contributed by atoms with Gasteiger partial charge in [-0.15, -0.1) is 0 Å². The average Bonchev–Trinajstić information content (AvgIpc) is 2.99. The van der Waals surface area contributed by atoms with Crippen molar-refractivity contribution in [2.45, 2.75) is 20.3 Å². The van der Waals surface area contributed by atoms with Crippen molar-refractivity contribution in [3.8, 4) is 5.69 Å². The second-order valence-corrected chi connectivity index (χ2v) is 6.85. The smallest absolute Gasteiger partial charge is 0.278 e. The first-order chi connectivity index (χ1) is 11.8. The van der Waals surface area contributed by atoms with Crippen LogP contribution in [-0.4, -0.2) is 40.2 Å². The molecule has 0 radical (unpaired) electrons. The Morgan fingerprint density at radius 2 is 2.12 bits per heavy atom. The van der Waals surface area contributed by atoms with Gasteiger partial charge in [0.2, 0.25) is 5.43 Å². The Morgan fingerprint density at radius 3 is 2.76 bits per heavy atom. The second-order valence-electron chi connectivity index (χ2n) is 6.85. The van der Waals surface area contributed by atoms with Crippen LogP contribution >= 0.6 is 0 Å². The van der Waals surface area contributed by atoms with Crippen LogP contribution in [0.1, 0.15) is 29.5 Å². The van der Waals surface area contributed by atoms with Gasteiger partial charge in [-0.25, -0.2) is 9.07 Å². The highest BCUT2D eigenvalue weighted by Gasteiger charge is 2.36. The van der Waals surface area contributed by atoms with E-state index in [1.165, 1.54) is 16.8 Å². The number of halogens is 1. The van der Waals surface area contributed by atoms with Crippen LogP contribution in [0.25, 0.3) is 5.69 Å².